The van der Waals surface area contributed by atoms with Gasteiger partial charge in [-0.05, 0) is 44.0 Å². The second-order valence-corrected chi connectivity index (χ2v) is 5.67. The summed E-state index contributed by atoms with van der Waals surface area (Å²) in [6.07, 6.45) is 2.13. The Kier molecular flexibility index (Phi) is 5.62. The first-order chi connectivity index (χ1) is 10.2. The Hall–Kier alpha value is -1.55. The summed E-state index contributed by atoms with van der Waals surface area (Å²) in [7, 11) is 0. The summed E-state index contributed by atoms with van der Waals surface area (Å²) in [5.41, 5.74) is 1.82. The third kappa shape index (κ3) is 3.97. The average Bonchev–Trinajstić information content (AvgIpc) is 2.52. The molecule has 0 bridgehead atoms. The maximum atomic E-state index is 12.7. The zero-order valence-corrected chi connectivity index (χ0v) is 13.3. The van der Waals surface area contributed by atoms with E-state index in [-0.39, 0.29) is 18.1 Å². The Balaban J connectivity index is 2.07. The molecule has 1 aliphatic heterocycles. The van der Waals surface area contributed by atoms with Gasteiger partial charge in [0, 0.05) is 24.3 Å². The summed E-state index contributed by atoms with van der Waals surface area (Å²) < 4.78 is 5.66. The fourth-order valence-electron chi connectivity index (χ4n) is 2.60. The van der Waals surface area contributed by atoms with Gasteiger partial charge in [0.2, 0.25) is 0 Å². The highest BCUT2D eigenvalue weighted by atomic mass is 16.5. The zero-order valence-electron chi connectivity index (χ0n) is 13.3. The molecule has 116 valence electrons. The van der Waals surface area contributed by atoms with E-state index in [9.17, 15) is 4.79 Å². The Labute approximate surface area is 127 Å². The van der Waals surface area contributed by atoms with Crippen molar-refractivity contribution in [2.75, 3.05) is 25.0 Å². The van der Waals surface area contributed by atoms with Gasteiger partial charge in [-0.25, -0.2) is 0 Å². The highest BCUT2D eigenvalue weighted by molar-refractivity contribution is 5.94. The number of nitrogens with one attached hydrogen (secondary N) is 1. The van der Waals surface area contributed by atoms with E-state index in [1.165, 1.54) is 0 Å². The lowest BCUT2D eigenvalue weighted by Gasteiger charge is -2.38. The largest absolute Gasteiger partial charge is 0.385 e. The smallest absolute Gasteiger partial charge is 0.254 e. The molecule has 21 heavy (non-hydrogen) atoms. The van der Waals surface area contributed by atoms with Crippen LogP contribution in [0.4, 0.5) is 5.69 Å². The lowest BCUT2D eigenvalue weighted by Crippen LogP contribution is -2.51. The van der Waals surface area contributed by atoms with E-state index in [0.717, 1.165) is 30.6 Å². The fraction of sp³-hybridized carbons (Fsp3) is 0.588. The molecule has 1 fully saturated rings. The molecule has 1 saturated heterocycles. The summed E-state index contributed by atoms with van der Waals surface area (Å²) in [6.45, 7) is 8.51. The first-order valence-electron chi connectivity index (χ1n) is 7.92. The number of rotatable bonds is 5. The number of morpholine rings is 1. The van der Waals surface area contributed by atoms with Crippen LogP contribution in [0, 0.1) is 0 Å². The van der Waals surface area contributed by atoms with Crippen LogP contribution < -0.4 is 5.32 Å². The van der Waals surface area contributed by atoms with Crippen molar-refractivity contribution >= 4 is 11.6 Å². The molecule has 4 heteroatoms. The predicted molar refractivity (Wildman–Crippen MR) is 85.8 cm³/mol. The van der Waals surface area contributed by atoms with Gasteiger partial charge >= 0.3 is 0 Å². The zero-order chi connectivity index (χ0) is 15.2. The average molecular weight is 290 g/mol. The highest BCUT2D eigenvalue weighted by Gasteiger charge is 2.29. The standard InChI is InChI=1S/C17H26N2O2/c1-4-10-18-15-8-6-14(7-9-15)17(20)19-11-13(3)21-12-16(19)5-2/h6-9,13,16,18H,4-5,10-12H2,1-3H3. The van der Waals surface area contributed by atoms with Crippen molar-refractivity contribution < 1.29 is 9.53 Å². The number of hydrogen-bond donors (Lipinski definition) is 1. The Bertz CT molecular complexity index is 458. The van der Waals surface area contributed by atoms with Crippen LogP contribution in [0.1, 0.15) is 44.0 Å². The summed E-state index contributed by atoms with van der Waals surface area (Å²) in [6, 6.07) is 7.97. The van der Waals surface area contributed by atoms with Crippen molar-refractivity contribution in [2.24, 2.45) is 0 Å². The van der Waals surface area contributed by atoms with E-state index in [2.05, 4.69) is 19.2 Å². The molecule has 2 unspecified atom stereocenters. The van der Waals surface area contributed by atoms with E-state index in [4.69, 9.17) is 4.74 Å². The van der Waals surface area contributed by atoms with Crippen LogP contribution in [-0.2, 0) is 4.74 Å². The number of anilines is 1. The Morgan fingerprint density at radius 3 is 2.67 bits per heavy atom. The molecular formula is C17H26N2O2. The number of benzene rings is 1. The van der Waals surface area contributed by atoms with Gasteiger partial charge in [0.1, 0.15) is 0 Å². The molecule has 0 aliphatic carbocycles. The molecule has 1 N–H and O–H groups in total. The highest BCUT2D eigenvalue weighted by Crippen LogP contribution is 2.19. The SMILES string of the molecule is CCCNc1ccc(C(=O)N2CC(C)OCC2CC)cc1. The van der Waals surface area contributed by atoms with Gasteiger partial charge in [-0.2, -0.15) is 0 Å². The number of carbonyl (C=O) groups excluding carboxylic acids is 1. The second-order valence-electron chi connectivity index (χ2n) is 5.67. The van der Waals surface area contributed by atoms with E-state index in [0.29, 0.717) is 13.2 Å². The van der Waals surface area contributed by atoms with Crippen molar-refractivity contribution in [3.8, 4) is 0 Å². The van der Waals surface area contributed by atoms with Gasteiger partial charge in [-0.3, -0.25) is 4.79 Å². The molecule has 0 saturated carbocycles. The van der Waals surface area contributed by atoms with Crippen molar-refractivity contribution in [3.05, 3.63) is 29.8 Å². The lowest BCUT2D eigenvalue weighted by atomic mass is 10.1. The van der Waals surface area contributed by atoms with Gasteiger partial charge in [0.15, 0.2) is 0 Å². The van der Waals surface area contributed by atoms with Crippen molar-refractivity contribution in [2.45, 2.75) is 45.8 Å². The maximum absolute atomic E-state index is 12.7. The number of hydrogen-bond acceptors (Lipinski definition) is 3. The van der Waals surface area contributed by atoms with Crippen molar-refractivity contribution in [1.29, 1.82) is 0 Å². The molecular weight excluding hydrogens is 264 g/mol. The lowest BCUT2D eigenvalue weighted by molar-refractivity contribution is -0.0444. The molecule has 1 heterocycles. The van der Waals surface area contributed by atoms with E-state index < -0.39 is 0 Å². The molecule has 1 aliphatic rings. The minimum atomic E-state index is 0.110. The van der Waals surface area contributed by atoms with E-state index in [1.54, 1.807) is 0 Å². The second kappa shape index (κ2) is 7.46. The van der Waals surface area contributed by atoms with E-state index >= 15 is 0 Å². The summed E-state index contributed by atoms with van der Waals surface area (Å²) >= 11 is 0. The van der Waals surface area contributed by atoms with Crippen LogP contribution >= 0.6 is 0 Å². The fourth-order valence-corrected chi connectivity index (χ4v) is 2.60. The molecule has 0 spiro atoms. The Morgan fingerprint density at radius 2 is 2.05 bits per heavy atom. The molecule has 0 radical (unpaired) electrons. The van der Waals surface area contributed by atoms with Crippen LogP contribution in [-0.4, -0.2) is 42.6 Å². The minimum absolute atomic E-state index is 0.110. The molecule has 4 nitrogen and oxygen atoms in total. The van der Waals surface area contributed by atoms with Crippen LogP contribution in [0.3, 0.4) is 0 Å². The molecule has 1 aromatic carbocycles. The van der Waals surface area contributed by atoms with Crippen LogP contribution in [0.5, 0.6) is 0 Å². The van der Waals surface area contributed by atoms with Crippen LogP contribution in [0.15, 0.2) is 24.3 Å². The third-order valence-corrected chi connectivity index (χ3v) is 3.91. The van der Waals surface area contributed by atoms with Gasteiger partial charge in [-0.1, -0.05) is 13.8 Å². The first-order valence-corrected chi connectivity index (χ1v) is 7.92. The molecule has 2 rings (SSSR count). The third-order valence-electron chi connectivity index (χ3n) is 3.91. The summed E-state index contributed by atoms with van der Waals surface area (Å²) in [5.74, 6) is 0.110. The topological polar surface area (TPSA) is 41.6 Å². The Morgan fingerprint density at radius 1 is 1.33 bits per heavy atom. The molecule has 1 aromatic rings. The van der Waals surface area contributed by atoms with Gasteiger partial charge in [0.25, 0.3) is 5.91 Å². The number of ether oxygens (including phenoxy) is 1. The van der Waals surface area contributed by atoms with E-state index in [1.807, 2.05) is 36.1 Å². The molecule has 1 amide bonds. The van der Waals surface area contributed by atoms with Crippen molar-refractivity contribution in [3.63, 3.8) is 0 Å². The summed E-state index contributed by atoms with van der Waals surface area (Å²) in [5, 5.41) is 3.32. The predicted octanol–water partition coefficient (Wildman–Crippen LogP) is 3.15. The first kappa shape index (κ1) is 15.8. The normalized spacial score (nSPS) is 22.1. The monoisotopic (exact) mass is 290 g/mol. The molecule has 0 aromatic heterocycles. The number of carbonyl (C=O) groups is 1. The number of amides is 1. The van der Waals surface area contributed by atoms with Gasteiger partial charge in [-0.15, -0.1) is 0 Å². The quantitative estimate of drug-likeness (QED) is 0.905. The van der Waals surface area contributed by atoms with Crippen molar-refractivity contribution in [1.82, 2.24) is 4.90 Å². The van der Waals surface area contributed by atoms with Crippen LogP contribution in [0.25, 0.3) is 0 Å². The maximum Gasteiger partial charge on any atom is 0.254 e. The minimum Gasteiger partial charge on any atom is -0.385 e. The van der Waals surface area contributed by atoms with Gasteiger partial charge < -0.3 is 15.0 Å². The van der Waals surface area contributed by atoms with Gasteiger partial charge in [0.05, 0.1) is 18.8 Å². The summed E-state index contributed by atoms with van der Waals surface area (Å²) in [4.78, 5) is 14.7. The van der Waals surface area contributed by atoms with Crippen LogP contribution in [0.2, 0.25) is 0 Å². The molecule has 2 atom stereocenters. The number of nitrogens with zero attached hydrogens (tertiary/aromatic N) is 1.